The van der Waals surface area contributed by atoms with Gasteiger partial charge in [0.1, 0.15) is 5.82 Å². The molecule has 0 spiro atoms. The molecule has 4 rings (SSSR count). The predicted molar refractivity (Wildman–Crippen MR) is 106 cm³/mol. The third-order valence-corrected chi connectivity index (χ3v) is 4.92. The Kier molecular flexibility index (Phi) is 5.39. The summed E-state index contributed by atoms with van der Waals surface area (Å²) in [6.07, 6.45) is 2.07. The second kappa shape index (κ2) is 8.12. The van der Waals surface area contributed by atoms with Crippen molar-refractivity contribution >= 4 is 17.6 Å². The van der Waals surface area contributed by atoms with Gasteiger partial charge >= 0.3 is 0 Å². The van der Waals surface area contributed by atoms with Gasteiger partial charge in [0.2, 0.25) is 5.91 Å². The Morgan fingerprint density at radius 3 is 2.76 bits per heavy atom. The van der Waals surface area contributed by atoms with E-state index >= 15 is 0 Å². The van der Waals surface area contributed by atoms with E-state index in [1.165, 1.54) is 0 Å². The molecule has 9 heteroatoms. The first-order valence-corrected chi connectivity index (χ1v) is 9.74. The Morgan fingerprint density at radius 2 is 2.07 bits per heavy atom. The average molecular weight is 399 g/mol. The fourth-order valence-electron chi connectivity index (χ4n) is 3.33. The van der Waals surface area contributed by atoms with E-state index in [0.717, 1.165) is 18.5 Å². The summed E-state index contributed by atoms with van der Waals surface area (Å²) in [4.78, 5) is 24.5. The maximum atomic E-state index is 12.5. The van der Waals surface area contributed by atoms with Crippen molar-refractivity contribution < 1.29 is 19.1 Å². The molecular formula is C20H25N5O4. The standard InChI is InChI=1S/C20H25N5O4/c1-12-9-18(26)23-20(21-12)25-17(10-14(24-25)13-7-8-13)22-19(27)11-29-16-6-4-3-5-15(16)28-2/h3-6,10,12-13,20-21H,7-9,11H2,1-2H3,(H,22,27)(H,23,26). The van der Waals surface area contributed by atoms with Crippen molar-refractivity contribution in [2.45, 2.75) is 44.4 Å². The van der Waals surface area contributed by atoms with Gasteiger partial charge in [0.15, 0.2) is 24.4 Å². The van der Waals surface area contributed by atoms with Gasteiger partial charge in [0.25, 0.3) is 5.91 Å². The summed E-state index contributed by atoms with van der Waals surface area (Å²) in [5.41, 5.74) is 0.917. The van der Waals surface area contributed by atoms with E-state index in [1.54, 1.807) is 23.9 Å². The first kappa shape index (κ1) is 19.3. The summed E-state index contributed by atoms with van der Waals surface area (Å²) in [6, 6.07) is 9.03. The summed E-state index contributed by atoms with van der Waals surface area (Å²) >= 11 is 0. The number of nitrogens with zero attached hydrogens (tertiary/aromatic N) is 2. The van der Waals surface area contributed by atoms with Crippen LogP contribution >= 0.6 is 0 Å². The lowest BCUT2D eigenvalue weighted by Gasteiger charge is -2.30. The second-order valence-corrected chi connectivity index (χ2v) is 7.40. The number of benzene rings is 1. The van der Waals surface area contributed by atoms with Crippen molar-refractivity contribution in [2.24, 2.45) is 0 Å². The third kappa shape index (κ3) is 4.51. The lowest BCUT2D eigenvalue weighted by molar-refractivity contribution is -0.125. The number of anilines is 1. The van der Waals surface area contributed by atoms with Gasteiger partial charge in [-0.25, -0.2) is 4.68 Å². The van der Waals surface area contributed by atoms with Crippen LogP contribution in [0.2, 0.25) is 0 Å². The molecule has 2 aromatic rings. The number of ether oxygens (including phenoxy) is 2. The molecule has 154 valence electrons. The molecule has 1 saturated carbocycles. The number of carbonyl (C=O) groups is 2. The van der Waals surface area contributed by atoms with Crippen molar-refractivity contribution in [1.82, 2.24) is 20.4 Å². The number of para-hydroxylation sites is 2. The monoisotopic (exact) mass is 399 g/mol. The average Bonchev–Trinajstić information content (AvgIpc) is 3.46. The van der Waals surface area contributed by atoms with E-state index in [2.05, 4.69) is 21.0 Å². The lowest BCUT2D eigenvalue weighted by atomic mass is 10.2. The van der Waals surface area contributed by atoms with E-state index in [4.69, 9.17) is 9.47 Å². The van der Waals surface area contributed by atoms with Crippen LogP contribution in [-0.4, -0.2) is 41.4 Å². The van der Waals surface area contributed by atoms with Crippen LogP contribution in [0, 0.1) is 0 Å². The summed E-state index contributed by atoms with van der Waals surface area (Å²) in [6.45, 7) is 1.77. The summed E-state index contributed by atoms with van der Waals surface area (Å²) < 4.78 is 12.5. The Hall–Kier alpha value is -3.07. The number of carbonyl (C=O) groups excluding carboxylic acids is 2. The van der Waals surface area contributed by atoms with Crippen molar-refractivity contribution in [1.29, 1.82) is 0 Å². The minimum Gasteiger partial charge on any atom is -0.493 e. The van der Waals surface area contributed by atoms with Crippen molar-refractivity contribution in [3.8, 4) is 11.5 Å². The zero-order valence-electron chi connectivity index (χ0n) is 16.5. The molecule has 0 radical (unpaired) electrons. The number of methoxy groups -OCH3 is 1. The van der Waals surface area contributed by atoms with E-state index in [0.29, 0.717) is 29.7 Å². The first-order valence-electron chi connectivity index (χ1n) is 9.74. The van der Waals surface area contributed by atoms with Crippen LogP contribution in [0.5, 0.6) is 11.5 Å². The minimum atomic E-state index is -0.510. The fourth-order valence-corrected chi connectivity index (χ4v) is 3.33. The van der Waals surface area contributed by atoms with Crippen molar-refractivity contribution in [3.63, 3.8) is 0 Å². The van der Waals surface area contributed by atoms with Gasteiger partial charge in [-0.1, -0.05) is 12.1 Å². The second-order valence-electron chi connectivity index (χ2n) is 7.40. The Balaban J connectivity index is 1.47. The molecule has 1 aliphatic carbocycles. The predicted octanol–water partition coefficient (Wildman–Crippen LogP) is 1.74. The molecule has 1 aliphatic heterocycles. The molecule has 3 N–H and O–H groups in total. The summed E-state index contributed by atoms with van der Waals surface area (Å²) in [7, 11) is 1.55. The molecular weight excluding hydrogens is 374 g/mol. The van der Waals surface area contributed by atoms with Crippen LogP contribution in [0.4, 0.5) is 5.82 Å². The van der Waals surface area contributed by atoms with Gasteiger partial charge < -0.3 is 20.1 Å². The highest BCUT2D eigenvalue weighted by Crippen LogP contribution is 2.40. The number of hydrogen-bond donors (Lipinski definition) is 3. The minimum absolute atomic E-state index is 0.0137. The molecule has 29 heavy (non-hydrogen) atoms. The van der Waals surface area contributed by atoms with Crippen molar-refractivity contribution in [2.75, 3.05) is 19.0 Å². The highest BCUT2D eigenvalue weighted by molar-refractivity contribution is 5.91. The molecule has 2 heterocycles. The quantitative estimate of drug-likeness (QED) is 0.655. The zero-order chi connectivity index (χ0) is 20.4. The molecule has 2 atom stereocenters. The van der Waals surface area contributed by atoms with E-state index in [1.807, 2.05) is 25.1 Å². The van der Waals surface area contributed by atoms with Crippen LogP contribution in [0.25, 0.3) is 0 Å². The van der Waals surface area contributed by atoms with Crippen LogP contribution in [0.1, 0.15) is 44.1 Å². The van der Waals surface area contributed by atoms with Crippen LogP contribution in [-0.2, 0) is 9.59 Å². The molecule has 2 aliphatic rings. The first-order chi connectivity index (χ1) is 14.0. The molecule has 1 saturated heterocycles. The zero-order valence-corrected chi connectivity index (χ0v) is 16.5. The molecule has 1 aromatic heterocycles. The summed E-state index contributed by atoms with van der Waals surface area (Å²) in [5.74, 6) is 1.61. The van der Waals surface area contributed by atoms with E-state index < -0.39 is 6.29 Å². The largest absolute Gasteiger partial charge is 0.493 e. The van der Waals surface area contributed by atoms with Gasteiger partial charge in [-0.15, -0.1) is 0 Å². The summed E-state index contributed by atoms with van der Waals surface area (Å²) in [5, 5.41) is 13.6. The van der Waals surface area contributed by atoms with E-state index in [-0.39, 0.29) is 24.5 Å². The van der Waals surface area contributed by atoms with Gasteiger partial charge in [0.05, 0.1) is 12.8 Å². The van der Waals surface area contributed by atoms with Crippen LogP contribution in [0.3, 0.4) is 0 Å². The number of aromatic nitrogens is 2. The molecule has 1 aromatic carbocycles. The molecule has 2 unspecified atom stereocenters. The topological polar surface area (TPSA) is 107 Å². The van der Waals surface area contributed by atoms with E-state index in [9.17, 15) is 9.59 Å². The number of amides is 2. The fraction of sp³-hybridized carbons (Fsp3) is 0.450. The van der Waals surface area contributed by atoms with Gasteiger partial charge in [-0.3, -0.25) is 14.9 Å². The molecule has 2 amide bonds. The third-order valence-electron chi connectivity index (χ3n) is 4.92. The normalized spacial score (nSPS) is 21.4. The number of hydrogen-bond acceptors (Lipinski definition) is 6. The maximum Gasteiger partial charge on any atom is 0.263 e. The van der Waals surface area contributed by atoms with Crippen LogP contribution in [0.15, 0.2) is 30.3 Å². The highest BCUT2D eigenvalue weighted by Gasteiger charge is 2.31. The lowest BCUT2D eigenvalue weighted by Crippen LogP contribution is -2.52. The number of nitrogens with one attached hydrogen (secondary N) is 3. The molecule has 0 bridgehead atoms. The van der Waals surface area contributed by atoms with Crippen molar-refractivity contribution in [3.05, 3.63) is 36.0 Å². The number of rotatable bonds is 7. The highest BCUT2D eigenvalue weighted by atomic mass is 16.5. The maximum absolute atomic E-state index is 12.5. The Labute approximate surface area is 168 Å². The van der Waals surface area contributed by atoms with Crippen LogP contribution < -0.4 is 25.4 Å². The van der Waals surface area contributed by atoms with Gasteiger partial charge in [-0.05, 0) is 31.9 Å². The Bertz CT molecular complexity index is 908. The van der Waals surface area contributed by atoms with Gasteiger partial charge in [-0.2, -0.15) is 5.10 Å². The van der Waals surface area contributed by atoms with Gasteiger partial charge in [0, 0.05) is 24.4 Å². The molecule has 9 nitrogen and oxygen atoms in total. The molecule has 2 fully saturated rings. The smallest absolute Gasteiger partial charge is 0.263 e. The Morgan fingerprint density at radius 1 is 1.31 bits per heavy atom. The SMILES string of the molecule is COc1ccccc1OCC(=O)Nc1cc(C2CC2)nn1C1NC(=O)CC(C)N1.